The van der Waals surface area contributed by atoms with Gasteiger partial charge in [0, 0.05) is 17.7 Å². The summed E-state index contributed by atoms with van der Waals surface area (Å²) >= 11 is 5.95. The maximum absolute atomic E-state index is 12.0. The minimum absolute atomic E-state index is 0.00463. The van der Waals surface area contributed by atoms with Crippen molar-refractivity contribution in [1.29, 1.82) is 0 Å². The fourth-order valence-corrected chi connectivity index (χ4v) is 2.13. The Kier molecular flexibility index (Phi) is 6.05. The average molecular weight is 407 g/mol. The molecule has 0 aliphatic carbocycles. The number of nitrogens with one attached hydrogen (secondary N) is 1. The zero-order valence-corrected chi connectivity index (χ0v) is 14.0. The summed E-state index contributed by atoms with van der Waals surface area (Å²) in [7, 11) is 0. The van der Waals surface area contributed by atoms with E-state index in [1.807, 2.05) is 0 Å². The van der Waals surface area contributed by atoms with Crippen LogP contribution in [0, 0.1) is 10.1 Å². The van der Waals surface area contributed by atoms with E-state index in [0.717, 1.165) is 6.07 Å². The summed E-state index contributed by atoms with van der Waals surface area (Å²) in [4.78, 5) is 33.0. The SMILES string of the molecule is O=C(COC(=O)c1ccc(-c2ccc([N+](=O)[O-])cc2Cl)o1)NCC(F)(F)F. The third-order valence-corrected chi connectivity index (χ3v) is 3.37. The summed E-state index contributed by atoms with van der Waals surface area (Å²) < 4.78 is 45.6. The summed E-state index contributed by atoms with van der Waals surface area (Å²) in [5.74, 6) is -2.45. The predicted molar refractivity (Wildman–Crippen MR) is 85.2 cm³/mol. The van der Waals surface area contributed by atoms with Crippen molar-refractivity contribution in [3.8, 4) is 11.3 Å². The van der Waals surface area contributed by atoms with E-state index in [9.17, 15) is 32.9 Å². The third-order valence-electron chi connectivity index (χ3n) is 3.06. The van der Waals surface area contributed by atoms with Crippen molar-refractivity contribution in [2.24, 2.45) is 0 Å². The van der Waals surface area contributed by atoms with Gasteiger partial charge in [-0.05, 0) is 18.2 Å². The number of halogens is 4. The van der Waals surface area contributed by atoms with Crippen molar-refractivity contribution in [1.82, 2.24) is 5.32 Å². The van der Waals surface area contributed by atoms with Gasteiger partial charge < -0.3 is 14.5 Å². The van der Waals surface area contributed by atoms with Crippen molar-refractivity contribution in [3.63, 3.8) is 0 Å². The molecular formula is C15H10ClF3N2O6. The van der Waals surface area contributed by atoms with Crippen molar-refractivity contribution in [2.75, 3.05) is 13.2 Å². The molecule has 144 valence electrons. The topological polar surface area (TPSA) is 112 Å². The highest BCUT2D eigenvalue weighted by Gasteiger charge is 2.28. The highest BCUT2D eigenvalue weighted by Crippen LogP contribution is 2.32. The van der Waals surface area contributed by atoms with E-state index in [1.54, 1.807) is 0 Å². The van der Waals surface area contributed by atoms with Crippen LogP contribution in [0.3, 0.4) is 0 Å². The molecule has 27 heavy (non-hydrogen) atoms. The van der Waals surface area contributed by atoms with Crippen LogP contribution in [0.15, 0.2) is 34.7 Å². The van der Waals surface area contributed by atoms with Crippen LogP contribution in [-0.2, 0) is 9.53 Å². The summed E-state index contributed by atoms with van der Waals surface area (Å²) in [6, 6.07) is 6.14. The van der Waals surface area contributed by atoms with Crippen molar-refractivity contribution in [3.05, 3.63) is 51.2 Å². The van der Waals surface area contributed by atoms with Crippen LogP contribution in [0.4, 0.5) is 18.9 Å². The van der Waals surface area contributed by atoms with Crippen LogP contribution in [0.25, 0.3) is 11.3 Å². The van der Waals surface area contributed by atoms with Crippen LogP contribution in [0.5, 0.6) is 0 Å². The quantitative estimate of drug-likeness (QED) is 0.447. The molecule has 0 spiro atoms. The monoisotopic (exact) mass is 406 g/mol. The van der Waals surface area contributed by atoms with Gasteiger partial charge in [-0.3, -0.25) is 14.9 Å². The average Bonchev–Trinajstić information content (AvgIpc) is 3.06. The molecular weight excluding hydrogens is 397 g/mol. The fraction of sp³-hybridized carbons (Fsp3) is 0.200. The number of nitrogens with zero attached hydrogens (tertiary/aromatic N) is 1. The molecule has 0 bridgehead atoms. The Labute approximate surface area is 154 Å². The number of carbonyl (C=O) groups excluding carboxylic acids is 2. The molecule has 1 aromatic carbocycles. The van der Waals surface area contributed by atoms with Gasteiger partial charge in [-0.15, -0.1) is 0 Å². The second-order valence-electron chi connectivity index (χ2n) is 5.05. The number of rotatable bonds is 6. The van der Waals surface area contributed by atoms with E-state index in [-0.39, 0.29) is 27.8 Å². The Hall–Kier alpha value is -3.08. The summed E-state index contributed by atoms with van der Waals surface area (Å²) in [5.41, 5.74) is 0.0315. The molecule has 8 nitrogen and oxygen atoms in total. The number of benzene rings is 1. The number of hydrogen-bond acceptors (Lipinski definition) is 6. The van der Waals surface area contributed by atoms with Crippen molar-refractivity contribution < 1.29 is 36.8 Å². The van der Waals surface area contributed by atoms with Crippen LogP contribution in [0.1, 0.15) is 10.6 Å². The Morgan fingerprint density at radius 3 is 2.56 bits per heavy atom. The number of esters is 1. The number of furan rings is 1. The third kappa shape index (κ3) is 5.71. The largest absolute Gasteiger partial charge is 0.450 e. The second kappa shape index (κ2) is 8.08. The van der Waals surface area contributed by atoms with E-state index in [4.69, 9.17) is 16.0 Å². The van der Waals surface area contributed by atoms with E-state index >= 15 is 0 Å². The van der Waals surface area contributed by atoms with E-state index < -0.39 is 36.1 Å². The molecule has 2 rings (SSSR count). The lowest BCUT2D eigenvalue weighted by Gasteiger charge is -2.08. The molecule has 1 amide bonds. The molecule has 1 N–H and O–H groups in total. The molecule has 0 saturated heterocycles. The van der Waals surface area contributed by atoms with Gasteiger partial charge in [0.2, 0.25) is 5.76 Å². The van der Waals surface area contributed by atoms with Gasteiger partial charge >= 0.3 is 12.1 Å². The van der Waals surface area contributed by atoms with E-state index in [0.29, 0.717) is 0 Å². The van der Waals surface area contributed by atoms with Gasteiger partial charge in [0.05, 0.1) is 9.95 Å². The smallest absolute Gasteiger partial charge is 0.405 e. The van der Waals surface area contributed by atoms with Crippen LogP contribution < -0.4 is 5.32 Å². The zero-order valence-electron chi connectivity index (χ0n) is 13.2. The zero-order chi connectivity index (χ0) is 20.2. The number of amides is 1. The molecule has 0 radical (unpaired) electrons. The van der Waals surface area contributed by atoms with Gasteiger partial charge in [-0.1, -0.05) is 11.6 Å². The highest BCUT2D eigenvalue weighted by atomic mass is 35.5. The Morgan fingerprint density at radius 1 is 1.26 bits per heavy atom. The molecule has 1 aromatic heterocycles. The first-order valence-corrected chi connectivity index (χ1v) is 7.49. The lowest BCUT2D eigenvalue weighted by atomic mass is 10.1. The summed E-state index contributed by atoms with van der Waals surface area (Å²) in [5, 5.41) is 12.2. The van der Waals surface area contributed by atoms with Gasteiger partial charge in [0.1, 0.15) is 12.3 Å². The summed E-state index contributed by atoms with van der Waals surface area (Å²) in [6.07, 6.45) is -4.58. The number of carbonyl (C=O) groups is 2. The van der Waals surface area contributed by atoms with Gasteiger partial charge in [0.25, 0.3) is 11.6 Å². The molecule has 1 heterocycles. The molecule has 0 fully saturated rings. The number of nitro groups is 1. The number of hydrogen-bond donors (Lipinski definition) is 1. The number of ether oxygens (including phenoxy) is 1. The van der Waals surface area contributed by atoms with Crippen molar-refractivity contribution in [2.45, 2.75) is 6.18 Å². The Morgan fingerprint density at radius 2 is 1.96 bits per heavy atom. The Balaban J connectivity index is 2.00. The molecule has 0 unspecified atom stereocenters. The van der Waals surface area contributed by atoms with E-state index in [2.05, 4.69) is 4.74 Å². The van der Waals surface area contributed by atoms with Gasteiger partial charge in [0.15, 0.2) is 6.61 Å². The fourth-order valence-electron chi connectivity index (χ4n) is 1.86. The van der Waals surface area contributed by atoms with Crippen LogP contribution >= 0.6 is 11.6 Å². The standard InChI is InChI=1S/C15H10ClF3N2O6/c16-10-5-8(21(24)25)1-2-9(10)11-3-4-12(27-11)14(23)26-6-13(22)20-7-15(17,18)19/h1-5H,6-7H2,(H,20,22). The highest BCUT2D eigenvalue weighted by molar-refractivity contribution is 6.33. The van der Waals surface area contributed by atoms with Crippen LogP contribution in [0.2, 0.25) is 5.02 Å². The molecule has 12 heteroatoms. The number of nitro benzene ring substituents is 1. The molecule has 2 aromatic rings. The molecule has 0 aliphatic heterocycles. The maximum Gasteiger partial charge on any atom is 0.405 e. The lowest BCUT2D eigenvalue weighted by molar-refractivity contribution is -0.384. The first-order valence-electron chi connectivity index (χ1n) is 7.11. The minimum Gasteiger partial charge on any atom is -0.450 e. The summed E-state index contributed by atoms with van der Waals surface area (Å²) in [6.45, 7) is -2.48. The van der Waals surface area contributed by atoms with Gasteiger partial charge in [-0.2, -0.15) is 13.2 Å². The maximum atomic E-state index is 12.0. The van der Waals surface area contributed by atoms with Crippen molar-refractivity contribution >= 4 is 29.2 Å². The normalized spacial score (nSPS) is 11.1. The first kappa shape index (κ1) is 20.2. The minimum atomic E-state index is -4.58. The van der Waals surface area contributed by atoms with Crippen LogP contribution in [-0.4, -0.2) is 36.1 Å². The number of alkyl halides is 3. The molecule has 0 aliphatic rings. The molecule has 0 atom stereocenters. The predicted octanol–water partition coefficient (Wildman–Crippen LogP) is 3.34. The molecule has 0 saturated carbocycles. The first-order chi connectivity index (χ1) is 12.6. The lowest BCUT2D eigenvalue weighted by Crippen LogP contribution is -2.36. The number of non-ortho nitro benzene ring substituents is 1. The van der Waals surface area contributed by atoms with E-state index in [1.165, 1.54) is 29.6 Å². The Bertz CT molecular complexity index is 881. The van der Waals surface area contributed by atoms with Gasteiger partial charge in [-0.25, -0.2) is 4.79 Å². The second-order valence-corrected chi connectivity index (χ2v) is 5.46.